The highest BCUT2D eigenvalue weighted by atomic mass is 32.2. The van der Waals surface area contributed by atoms with Crippen LogP contribution in [0.1, 0.15) is 45.1 Å². The molecule has 4 atom stereocenters. The number of benzene rings is 3. The largest absolute Gasteiger partial charge is 0.414 e. The average molecular weight is 684 g/mol. The second-order valence-corrected chi connectivity index (χ2v) is 15.5. The number of hydrogen-bond donors (Lipinski definition) is 1. The summed E-state index contributed by atoms with van der Waals surface area (Å²) in [6, 6.07) is 27.7. The number of amides is 2. The lowest BCUT2D eigenvalue weighted by atomic mass is 9.81. The molecule has 10 nitrogen and oxygen atoms in total. The molecule has 3 aromatic carbocycles. The number of rotatable bonds is 11. The first kappa shape index (κ1) is 34.4. The second-order valence-electron chi connectivity index (χ2n) is 13.4. The van der Waals surface area contributed by atoms with Gasteiger partial charge in [0, 0.05) is 36.8 Å². The van der Waals surface area contributed by atoms with Crippen molar-refractivity contribution in [3.63, 3.8) is 0 Å². The van der Waals surface area contributed by atoms with Crippen molar-refractivity contribution >= 4 is 21.8 Å². The van der Waals surface area contributed by atoms with Gasteiger partial charge >= 0.3 is 6.09 Å². The minimum Gasteiger partial charge on any atom is -0.390 e. The Hall–Kier alpha value is -4.48. The van der Waals surface area contributed by atoms with E-state index in [1.54, 1.807) is 41.4 Å². The number of imidazole rings is 1. The van der Waals surface area contributed by atoms with Gasteiger partial charge in [0.2, 0.25) is 11.8 Å². The summed E-state index contributed by atoms with van der Waals surface area (Å²) in [4.78, 5) is 36.0. The molecule has 1 N–H and O–H groups in total. The van der Waals surface area contributed by atoms with Gasteiger partial charge in [-0.2, -0.15) is 4.98 Å². The average Bonchev–Trinajstić information content (AvgIpc) is 3.67. The van der Waals surface area contributed by atoms with Crippen molar-refractivity contribution in [3.05, 3.63) is 103 Å². The SMILES string of the molecule is CC(C)N(C)[C@@H]1CC[C@H](N2CC[C@H](NC(=O)Oc3cn(Cc4ccccc4)c(-c4ccccc4)n3)C2=O)[C@H](CS(=O)(=O)c2ccccc2)C1. The van der Waals surface area contributed by atoms with E-state index >= 15 is 0 Å². The Kier molecular flexibility index (Phi) is 10.5. The number of likely N-dealkylation sites (tertiary alicyclic amines) is 1. The lowest BCUT2D eigenvalue weighted by Gasteiger charge is -2.44. The van der Waals surface area contributed by atoms with Crippen molar-refractivity contribution in [3.8, 4) is 17.3 Å². The predicted molar refractivity (Wildman–Crippen MR) is 189 cm³/mol. The van der Waals surface area contributed by atoms with E-state index in [0.29, 0.717) is 49.1 Å². The second kappa shape index (κ2) is 15.0. The maximum absolute atomic E-state index is 13.8. The van der Waals surface area contributed by atoms with Crippen molar-refractivity contribution in [2.75, 3.05) is 19.3 Å². The molecule has 2 fully saturated rings. The number of nitrogens with zero attached hydrogens (tertiary/aromatic N) is 4. The molecule has 0 spiro atoms. The maximum Gasteiger partial charge on any atom is 0.414 e. The fraction of sp³-hybridized carbons (Fsp3) is 0.395. The fourth-order valence-corrected chi connectivity index (χ4v) is 8.89. The van der Waals surface area contributed by atoms with Crippen LogP contribution >= 0.6 is 0 Å². The number of ether oxygens (including phenoxy) is 1. The Morgan fingerprint density at radius 1 is 0.959 bits per heavy atom. The third-order valence-corrected chi connectivity index (χ3v) is 11.8. The first-order valence-electron chi connectivity index (χ1n) is 17.0. The van der Waals surface area contributed by atoms with Crippen LogP contribution in [0.4, 0.5) is 4.79 Å². The van der Waals surface area contributed by atoms with E-state index < -0.39 is 22.0 Å². The smallest absolute Gasteiger partial charge is 0.390 e. The minimum atomic E-state index is -3.57. The highest BCUT2D eigenvalue weighted by molar-refractivity contribution is 7.91. The summed E-state index contributed by atoms with van der Waals surface area (Å²) >= 11 is 0. The molecule has 1 saturated carbocycles. The molecule has 6 rings (SSSR count). The quantitative estimate of drug-likeness (QED) is 0.218. The van der Waals surface area contributed by atoms with E-state index in [1.807, 2.05) is 65.2 Å². The number of carbonyl (C=O) groups excluding carboxylic acids is 2. The molecule has 2 amide bonds. The standard InChI is InChI=1S/C38H45N5O5S/c1-27(2)41(3)31-19-20-34(30(23-31)26-49(46,47)32-17-11-6-12-18-32)43-22-21-33(37(43)44)39-38(45)48-35-25-42(24-28-13-7-4-8-14-28)36(40-35)29-15-9-5-10-16-29/h4-18,25,27,30-31,33-34H,19-24,26H2,1-3H3,(H,39,45)/t30-,31+,33-,34-/m0/s1. The molecule has 49 heavy (non-hydrogen) atoms. The van der Waals surface area contributed by atoms with E-state index in [-0.39, 0.29) is 35.5 Å². The molecule has 11 heteroatoms. The zero-order chi connectivity index (χ0) is 34.5. The van der Waals surface area contributed by atoms with Gasteiger partial charge in [0.05, 0.1) is 16.8 Å². The lowest BCUT2D eigenvalue weighted by Crippen LogP contribution is -2.53. The third kappa shape index (κ3) is 8.05. The van der Waals surface area contributed by atoms with Crippen LogP contribution < -0.4 is 10.1 Å². The molecule has 1 aromatic heterocycles. The first-order valence-corrected chi connectivity index (χ1v) is 18.7. The van der Waals surface area contributed by atoms with Gasteiger partial charge in [-0.05, 0) is 70.2 Å². The van der Waals surface area contributed by atoms with Crippen LogP contribution in [0, 0.1) is 5.92 Å². The van der Waals surface area contributed by atoms with Gasteiger partial charge in [-0.25, -0.2) is 13.2 Å². The topological polar surface area (TPSA) is 114 Å². The molecule has 0 radical (unpaired) electrons. The van der Waals surface area contributed by atoms with E-state index in [2.05, 4.69) is 36.1 Å². The van der Waals surface area contributed by atoms with Crippen molar-refractivity contribution < 1.29 is 22.7 Å². The molecule has 1 saturated heterocycles. The molecule has 1 aliphatic carbocycles. The Labute approximate surface area is 289 Å². The van der Waals surface area contributed by atoms with E-state index in [4.69, 9.17) is 4.74 Å². The number of aromatic nitrogens is 2. The molecular weight excluding hydrogens is 639 g/mol. The molecule has 2 aliphatic rings. The van der Waals surface area contributed by atoms with Crippen LogP contribution in [0.2, 0.25) is 0 Å². The number of sulfone groups is 1. The van der Waals surface area contributed by atoms with Gasteiger partial charge < -0.3 is 24.4 Å². The van der Waals surface area contributed by atoms with Crippen molar-refractivity contribution in [1.82, 2.24) is 24.7 Å². The van der Waals surface area contributed by atoms with E-state index in [0.717, 1.165) is 17.5 Å². The molecule has 2 heterocycles. The van der Waals surface area contributed by atoms with Gasteiger partial charge in [-0.1, -0.05) is 78.9 Å². The summed E-state index contributed by atoms with van der Waals surface area (Å²) < 4.78 is 34.7. The molecule has 0 bridgehead atoms. The minimum absolute atomic E-state index is 0.0383. The molecule has 4 aromatic rings. The van der Waals surface area contributed by atoms with Crippen LogP contribution in [0.25, 0.3) is 11.4 Å². The van der Waals surface area contributed by atoms with Crippen LogP contribution in [-0.2, 0) is 21.2 Å². The summed E-state index contributed by atoms with van der Waals surface area (Å²) in [5.74, 6) is 0.298. The van der Waals surface area contributed by atoms with Crippen LogP contribution in [0.3, 0.4) is 0 Å². The van der Waals surface area contributed by atoms with E-state index in [1.165, 1.54) is 0 Å². The van der Waals surface area contributed by atoms with Crippen molar-refractivity contribution in [1.29, 1.82) is 0 Å². The first-order chi connectivity index (χ1) is 23.6. The van der Waals surface area contributed by atoms with Gasteiger partial charge in [0.1, 0.15) is 11.9 Å². The van der Waals surface area contributed by atoms with Gasteiger partial charge in [-0.15, -0.1) is 0 Å². The van der Waals surface area contributed by atoms with E-state index in [9.17, 15) is 18.0 Å². The van der Waals surface area contributed by atoms with Crippen molar-refractivity contribution in [2.45, 2.75) is 75.1 Å². The highest BCUT2D eigenvalue weighted by Crippen LogP contribution is 2.36. The Balaban J connectivity index is 1.15. The third-order valence-electron chi connectivity index (χ3n) is 9.95. The Bertz CT molecular complexity index is 1830. The number of carbonyl (C=O) groups is 2. The molecule has 258 valence electrons. The summed E-state index contributed by atoms with van der Waals surface area (Å²) in [6.45, 7) is 5.25. The predicted octanol–water partition coefficient (Wildman–Crippen LogP) is 5.64. The number of hydrogen-bond acceptors (Lipinski definition) is 7. The maximum atomic E-state index is 13.8. The zero-order valence-electron chi connectivity index (χ0n) is 28.3. The van der Waals surface area contributed by atoms with Gasteiger partial charge in [0.15, 0.2) is 9.84 Å². The normalized spacial score (nSPS) is 21.3. The summed E-state index contributed by atoms with van der Waals surface area (Å²) in [7, 11) is -1.49. The highest BCUT2D eigenvalue weighted by Gasteiger charge is 2.44. The zero-order valence-corrected chi connectivity index (χ0v) is 29.1. The van der Waals surface area contributed by atoms with Crippen LogP contribution in [0.5, 0.6) is 5.88 Å². The number of nitrogens with one attached hydrogen (secondary N) is 1. The fourth-order valence-electron chi connectivity index (χ4n) is 7.20. The molecular formula is C38H45N5O5S. The van der Waals surface area contributed by atoms with Crippen LogP contribution in [-0.4, -0.2) is 83.3 Å². The van der Waals surface area contributed by atoms with Crippen LogP contribution in [0.15, 0.2) is 102 Å². The summed E-state index contributed by atoms with van der Waals surface area (Å²) in [6.07, 6.45) is 3.58. The monoisotopic (exact) mass is 683 g/mol. The lowest BCUT2D eigenvalue weighted by molar-refractivity contribution is -0.133. The Morgan fingerprint density at radius 2 is 1.61 bits per heavy atom. The summed E-state index contributed by atoms with van der Waals surface area (Å²) in [5.41, 5.74) is 1.96. The van der Waals surface area contributed by atoms with Gasteiger partial charge in [-0.3, -0.25) is 4.79 Å². The summed E-state index contributed by atoms with van der Waals surface area (Å²) in [5, 5.41) is 2.77. The van der Waals surface area contributed by atoms with Gasteiger partial charge in [0.25, 0.3) is 0 Å². The molecule has 0 unspecified atom stereocenters. The molecule has 1 aliphatic heterocycles. The van der Waals surface area contributed by atoms with Crippen molar-refractivity contribution in [2.24, 2.45) is 5.92 Å². The Morgan fingerprint density at radius 3 is 2.29 bits per heavy atom.